The lowest BCUT2D eigenvalue weighted by Gasteiger charge is -2.31. The van der Waals surface area contributed by atoms with Crippen LogP contribution in [0.4, 0.5) is 4.79 Å². The zero-order valence-corrected chi connectivity index (χ0v) is 9.46. The average molecular weight is 211 g/mol. The summed E-state index contributed by atoms with van der Waals surface area (Å²) >= 11 is 0. The molecule has 0 spiro atoms. The zero-order chi connectivity index (χ0) is 10.9. The van der Waals surface area contributed by atoms with Crippen molar-refractivity contribution in [3.63, 3.8) is 0 Å². The van der Waals surface area contributed by atoms with E-state index in [1.54, 1.807) is 0 Å². The van der Waals surface area contributed by atoms with Gasteiger partial charge in [-0.05, 0) is 38.5 Å². The third-order valence-electron chi connectivity index (χ3n) is 3.69. The number of carbonyl (C=O) groups is 1. The smallest absolute Gasteiger partial charge is 0.317 e. The van der Waals surface area contributed by atoms with Gasteiger partial charge in [0, 0.05) is 19.6 Å². The summed E-state index contributed by atoms with van der Waals surface area (Å²) < 4.78 is 0. The summed E-state index contributed by atoms with van der Waals surface area (Å²) in [6.45, 7) is 4.41. The molecule has 1 aliphatic heterocycles. The van der Waals surface area contributed by atoms with Gasteiger partial charge in [-0.15, -0.1) is 0 Å². The second-order valence-electron chi connectivity index (χ2n) is 5.02. The van der Waals surface area contributed by atoms with Gasteiger partial charge < -0.3 is 16.0 Å². The first-order valence-electron chi connectivity index (χ1n) is 5.93. The molecule has 1 saturated carbocycles. The zero-order valence-electron chi connectivity index (χ0n) is 9.46. The van der Waals surface area contributed by atoms with Crippen molar-refractivity contribution in [1.82, 2.24) is 10.2 Å². The van der Waals surface area contributed by atoms with Crippen LogP contribution in [0.3, 0.4) is 0 Å². The van der Waals surface area contributed by atoms with E-state index < -0.39 is 0 Å². The lowest BCUT2D eigenvalue weighted by atomic mass is 9.96. The molecule has 2 aliphatic rings. The van der Waals surface area contributed by atoms with E-state index in [4.69, 9.17) is 5.73 Å². The number of urea groups is 1. The first-order chi connectivity index (χ1) is 7.15. The SMILES string of the molecule is CC(CN)(NC(=O)N1CCCC1)C1CC1. The lowest BCUT2D eigenvalue weighted by molar-refractivity contribution is 0.191. The Kier molecular flexibility index (Phi) is 2.87. The molecule has 0 aromatic rings. The highest BCUT2D eigenvalue weighted by atomic mass is 16.2. The summed E-state index contributed by atoms with van der Waals surface area (Å²) in [5, 5.41) is 3.11. The average Bonchev–Trinajstić information content (AvgIpc) is 2.94. The standard InChI is InChI=1S/C11H21N3O/c1-11(8-12,9-4-5-9)13-10(15)14-6-2-3-7-14/h9H,2-8,12H2,1H3,(H,13,15). The Labute approximate surface area is 91.2 Å². The summed E-state index contributed by atoms with van der Waals surface area (Å²) in [7, 11) is 0. The third-order valence-corrected chi connectivity index (χ3v) is 3.69. The number of nitrogens with one attached hydrogen (secondary N) is 1. The van der Waals surface area contributed by atoms with Crippen LogP contribution in [0.2, 0.25) is 0 Å². The summed E-state index contributed by atoms with van der Waals surface area (Å²) in [6, 6.07) is 0.0763. The van der Waals surface area contributed by atoms with Crippen LogP contribution in [-0.4, -0.2) is 36.1 Å². The van der Waals surface area contributed by atoms with Gasteiger partial charge in [0.2, 0.25) is 0 Å². The molecule has 2 amide bonds. The minimum atomic E-state index is -0.181. The molecule has 0 aromatic heterocycles. The fourth-order valence-corrected chi connectivity index (χ4v) is 2.28. The molecule has 1 unspecified atom stereocenters. The molecule has 4 heteroatoms. The first kappa shape index (κ1) is 10.7. The van der Waals surface area contributed by atoms with Crippen LogP contribution in [0.5, 0.6) is 0 Å². The summed E-state index contributed by atoms with van der Waals surface area (Å²) in [4.78, 5) is 13.8. The molecule has 1 aliphatic carbocycles. The number of carbonyl (C=O) groups excluding carboxylic acids is 1. The summed E-state index contributed by atoms with van der Waals surface area (Å²) in [5.41, 5.74) is 5.58. The van der Waals surface area contributed by atoms with Crippen LogP contribution in [0.1, 0.15) is 32.6 Å². The van der Waals surface area contributed by atoms with Gasteiger partial charge in [-0.2, -0.15) is 0 Å². The van der Waals surface area contributed by atoms with Crippen molar-refractivity contribution >= 4 is 6.03 Å². The van der Waals surface area contributed by atoms with Gasteiger partial charge in [0.25, 0.3) is 0 Å². The van der Waals surface area contributed by atoms with E-state index in [2.05, 4.69) is 12.2 Å². The van der Waals surface area contributed by atoms with Crippen molar-refractivity contribution in [2.24, 2.45) is 11.7 Å². The van der Waals surface area contributed by atoms with E-state index >= 15 is 0 Å². The van der Waals surface area contributed by atoms with Crippen molar-refractivity contribution in [3.8, 4) is 0 Å². The molecule has 1 heterocycles. The minimum absolute atomic E-state index is 0.0763. The van der Waals surface area contributed by atoms with Crippen LogP contribution >= 0.6 is 0 Å². The molecule has 0 bridgehead atoms. The normalized spacial score (nSPS) is 25.1. The fraction of sp³-hybridized carbons (Fsp3) is 0.909. The molecule has 15 heavy (non-hydrogen) atoms. The van der Waals surface area contributed by atoms with Gasteiger partial charge in [-0.3, -0.25) is 0 Å². The number of hydrogen-bond donors (Lipinski definition) is 2. The van der Waals surface area contributed by atoms with Gasteiger partial charge in [0.15, 0.2) is 0 Å². The Morgan fingerprint density at radius 2 is 2.07 bits per heavy atom. The van der Waals surface area contributed by atoms with E-state index in [1.807, 2.05) is 4.90 Å². The van der Waals surface area contributed by atoms with Gasteiger partial charge in [-0.1, -0.05) is 0 Å². The largest absolute Gasteiger partial charge is 0.331 e. The van der Waals surface area contributed by atoms with Gasteiger partial charge >= 0.3 is 6.03 Å². The van der Waals surface area contributed by atoms with Crippen LogP contribution in [0, 0.1) is 5.92 Å². The Hall–Kier alpha value is -0.770. The van der Waals surface area contributed by atoms with Crippen molar-refractivity contribution in [3.05, 3.63) is 0 Å². The molecule has 1 atom stereocenters. The van der Waals surface area contributed by atoms with Crippen molar-refractivity contribution in [1.29, 1.82) is 0 Å². The van der Waals surface area contributed by atoms with Crippen molar-refractivity contribution in [2.45, 2.75) is 38.1 Å². The molecule has 0 radical (unpaired) electrons. The molecule has 2 rings (SSSR count). The maximum atomic E-state index is 11.9. The van der Waals surface area contributed by atoms with Crippen LogP contribution in [-0.2, 0) is 0 Å². The van der Waals surface area contributed by atoms with Crippen LogP contribution in [0.25, 0.3) is 0 Å². The quantitative estimate of drug-likeness (QED) is 0.729. The highest BCUT2D eigenvalue weighted by molar-refractivity contribution is 5.75. The van der Waals surface area contributed by atoms with Gasteiger partial charge in [0.1, 0.15) is 0 Å². The molecular weight excluding hydrogens is 190 g/mol. The molecule has 86 valence electrons. The third kappa shape index (κ3) is 2.25. The second kappa shape index (κ2) is 4.00. The number of rotatable bonds is 3. The predicted octanol–water partition coefficient (Wildman–Crippen LogP) is 0.919. The lowest BCUT2D eigenvalue weighted by Crippen LogP contribution is -2.56. The number of likely N-dealkylation sites (tertiary alicyclic amines) is 1. The Morgan fingerprint density at radius 3 is 2.53 bits per heavy atom. The van der Waals surface area contributed by atoms with E-state index in [-0.39, 0.29) is 11.6 Å². The van der Waals surface area contributed by atoms with Crippen LogP contribution in [0.15, 0.2) is 0 Å². The first-order valence-corrected chi connectivity index (χ1v) is 5.93. The van der Waals surface area contributed by atoms with E-state index in [9.17, 15) is 4.79 Å². The highest BCUT2D eigenvalue weighted by Gasteiger charge is 2.42. The minimum Gasteiger partial charge on any atom is -0.331 e. The van der Waals surface area contributed by atoms with E-state index in [0.29, 0.717) is 12.5 Å². The van der Waals surface area contributed by atoms with Crippen molar-refractivity contribution in [2.75, 3.05) is 19.6 Å². The summed E-state index contributed by atoms with van der Waals surface area (Å²) in [6.07, 6.45) is 4.67. The second-order valence-corrected chi connectivity index (χ2v) is 5.02. The topological polar surface area (TPSA) is 58.4 Å². The highest BCUT2D eigenvalue weighted by Crippen LogP contribution is 2.39. The van der Waals surface area contributed by atoms with E-state index in [1.165, 1.54) is 12.8 Å². The molecule has 1 saturated heterocycles. The monoisotopic (exact) mass is 211 g/mol. The number of amides is 2. The molecule has 3 N–H and O–H groups in total. The molecule has 2 fully saturated rings. The maximum absolute atomic E-state index is 11.9. The maximum Gasteiger partial charge on any atom is 0.317 e. The predicted molar refractivity (Wildman–Crippen MR) is 59.5 cm³/mol. The molecule has 0 aromatic carbocycles. The van der Waals surface area contributed by atoms with Gasteiger partial charge in [-0.25, -0.2) is 4.79 Å². The number of nitrogens with zero attached hydrogens (tertiary/aromatic N) is 1. The number of hydrogen-bond acceptors (Lipinski definition) is 2. The molecule has 4 nitrogen and oxygen atoms in total. The van der Waals surface area contributed by atoms with Crippen LogP contribution < -0.4 is 11.1 Å². The van der Waals surface area contributed by atoms with Crippen molar-refractivity contribution < 1.29 is 4.79 Å². The Morgan fingerprint density at radius 1 is 1.47 bits per heavy atom. The molecular formula is C11H21N3O. The Bertz CT molecular complexity index is 246. The summed E-state index contributed by atoms with van der Waals surface area (Å²) in [5.74, 6) is 0.592. The van der Waals surface area contributed by atoms with Gasteiger partial charge in [0.05, 0.1) is 5.54 Å². The Balaban J connectivity index is 1.90. The fourth-order valence-electron chi connectivity index (χ4n) is 2.28. The number of nitrogens with two attached hydrogens (primary N) is 1. The van der Waals surface area contributed by atoms with E-state index in [0.717, 1.165) is 25.9 Å².